The van der Waals surface area contributed by atoms with Crippen LogP contribution in [0, 0.1) is 18.6 Å². The number of nitrogens with zero attached hydrogens (tertiary/aromatic N) is 2. The summed E-state index contributed by atoms with van der Waals surface area (Å²) in [5.74, 6) is 0.953. The first kappa shape index (κ1) is 17.4. The van der Waals surface area contributed by atoms with Crippen molar-refractivity contribution < 1.29 is 4.79 Å². The molecular formula is C17H24N4OS. The Morgan fingerprint density at radius 1 is 1.35 bits per heavy atom. The first-order valence-electron chi connectivity index (χ1n) is 7.98. The van der Waals surface area contributed by atoms with Crippen molar-refractivity contribution in [2.75, 3.05) is 6.54 Å². The molecule has 1 heterocycles. The maximum absolute atomic E-state index is 12.0. The van der Waals surface area contributed by atoms with Gasteiger partial charge in [0.25, 0.3) is 0 Å². The molecule has 2 N–H and O–H groups in total. The van der Waals surface area contributed by atoms with E-state index in [2.05, 4.69) is 47.6 Å². The van der Waals surface area contributed by atoms with Crippen molar-refractivity contribution in [3.05, 3.63) is 45.5 Å². The summed E-state index contributed by atoms with van der Waals surface area (Å²) in [5.41, 5.74) is 3.73. The van der Waals surface area contributed by atoms with Crippen LogP contribution >= 0.6 is 12.2 Å². The van der Waals surface area contributed by atoms with Crippen molar-refractivity contribution in [1.82, 2.24) is 20.1 Å². The van der Waals surface area contributed by atoms with E-state index in [0.29, 0.717) is 24.2 Å². The molecule has 124 valence electrons. The molecule has 0 radical (unpaired) electrons. The van der Waals surface area contributed by atoms with Crippen molar-refractivity contribution in [3.63, 3.8) is 0 Å². The third-order valence-corrected chi connectivity index (χ3v) is 4.26. The molecule has 5 nitrogen and oxygen atoms in total. The van der Waals surface area contributed by atoms with Crippen LogP contribution in [-0.2, 0) is 24.2 Å². The molecule has 2 rings (SSSR count). The van der Waals surface area contributed by atoms with E-state index in [4.69, 9.17) is 12.2 Å². The number of rotatable bonds is 7. The van der Waals surface area contributed by atoms with Gasteiger partial charge in [-0.3, -0.25) is 9.89 Å². The third kappa shape index (κ3) is 4.76. The van der Waals surface area contributed by atoms with Crippen molar-refractivity contribution in [2.45, 2.75) is 46.6 Å². The van der Waals surface area contributed by atoms with E-state index >= 15 is 0 Å². The number of nitrogens with one attached hydrogen (secondary N) is 2. The van der Waals surface area contributed by atoms with E-state index in [-0.39, 0.29) is 5.91 Å². The molecule has 1 amide bonds. The summed E-state index contributed by atoms with van der Waals surface area (Å²) in [5, 5.41) is 9.93. The Labute approximate surface area is 142 Å². The molecule has 0 spiro atoms. The van der Waals surface area contributed by atoms with Gasteiger partial charge in [0.05, 0.1) is 0 Å². The Hall–Kier alpha value is -1.95. The van der Waals surface area contributed by atoms with Crippen LogP contribution in [0.1, 0.15) is 35.9 Å². The van der Waals surface area contributed by atoms with Crippen molar-refractivity contribution >= 4 is 18.1 Å². The minimum absolute atomic E-state index is 0.0714. The lowest BCUT2D eigenvalue weighted by Crippen LogP contribution is -2.26. The van der Waals surface area contributed by atoms with Gasteiger partial charge in [0.2, 0.25) is 5.91 Å². The fraction of sp³-hybridized carbons (Fsp3) is 0.471. The summed E-state index contributed by atoms with van der Waals surface area (Å²) >= 11 is 5.15. The summed E-state index contributed by atoms with van der Waals surface area (Å²) in [6.45, 7) is 7.55. The predicted octanol–water partition coefficient (Wildman–Crippen LogP) is 2.87. The fourth-order valence-electron chi connectivity index (χ4n) is 2.64. The topological polar surface area (TPSA) is 62.7 Å². The molecule has 0 aliphatic heterocycles. The van der Waals surface area contributed by atoms with Crippen LogP contribution in [-0.4, -0.2) is 27.2 Å². The number of aryl methyl sites for hydroxylation is 3. The van der Waals surface area contributed by atoms with Gasteiger partial charge in [0, 0.05) is 25.9 Å². The SMILES string of the molecule is CCn1c(CCNC(=O)CCc2ccc(C)cc2C)n[nH]c1=S. The van der Waals surface area contributed by atoms with Gasteiger partial charge >= 0.3 is 0 Å². The lowest BCUT2D eigenvalue weighted by atomic mass is 10.0. The highest BCUT2D eigenvalue weighted by atomic mass is 32.1. The molecule has 1 aromatic heterocycles. The fourth-order valence-corrected chi connectivity index (χ4v) is 2.92. The average Bonchev–Trinajstić information content (AvgIpc) is 2.86. The summed E-state index contributed by atoms with van der Waals surface area (Å²) in [4.78, 5) is 12.0. The largest absolute Gasteiger partial charge is 0.356 e. The van der Waals surface area contributed by atoms with Crippen molar-refractivity contribution in [2.24, 2.45) is 0 Å². The molecule has 0 unspecified atom stereocenters. The number of aromatic nitrogens is 3. The normalized spacial score (nSPS) is 10.7. The zero-order valence-corrected chi connectivity index (χ0v) is 14.8. The van der Waals surface area contributed by atoms with E-state index in [9.17, 15) is 4.79 Å². The molecule has 0 bridgehead atoms. The second kappa shape index (κ2) is 8.06. The highest BCUT2D eigenvalue weighted by Crippen LogP contribution is 2.12. The highest BCUT2D eigenvalue weighted by Gasteiger charge is 2.07. The van der Waals surface area contributed by atoms with Gasteiger partial charge < -0.3 is 9.88 Å². The van der Waals surface area contributed by atoms with E-state index in [1.165, 1.54) is 16.7 Å². The van der Waals surface area contributed by atoms with Crippen LogP contribution in [0.4, 0.5) is 0 Å². The Kier molecular flexibility index (Phi) is 6.10. The molecule has 0 fully saturated rings. The predicted molar refractivity (Wildman–Crippen MR) is 94.0 cm³/mol. The first-order chi connectivity index (χ1) is 11.0. The summed E-state index contributed by atoms with van der Waals surface area (Å²) < 4.78 is 2.57. The molecule has 0 atom stereocenters. The second-order valence-electron chi connectivity index (χ2n) is 5.72. The molecule has 23 heavy (non-hydrogen) atoms. The molecular weight excluding hydrogens is 308 g/mol. The van der Waals surface area contributed by atoms with Gasteiger partial charge in [0.15, 0.2) is 4.77 Å². The third-order valence-electron chi connectivity index (χ3n) is 3.94. The van der Waals surface area contributed by atoms with Crippen LogP contribution in [0.25, 0.3) is 0 Å². The molecule has 6 heteroatoms. The number of benzene rings is 1. The first-order valence-corrected chi connectivity index (χ1v) is 8.39. The number of amides is 1. The highest BCUT2D eigenvalue weighted by molar-refractivity contribution is 7.71. The Balaban J connectivity index is 1.78. The van der Waals surface area contributed by atoms with Crippen LogP contribution in [0.5, 0.6) is 0 Å². The zero-order valence-electron chi connectivity index (χ0n) is 14.0. The quantitative estimate of drug-likeness (QED) is 0.766. The van der Waals surface area contributed by atoms with Gasteiger partial charge in [-0.25, -0.2) is 0 Å². The monoisotopic (exact) mass is 332 g/mol. The summed E-state index contributed by atoms with van der Waals surface area (Å²) in [6, 6.07) is 6.35. The Morgan fingerprint density at radius 2 is 2.13 bits per heavy atom. The van der Waals surface area contributed by atoms with Crippen LogP contribution < -0.4 is 5.32 Å². The van der Waals surface area contributed by atoms with Gasteiger partial charge in [-0.05, 0) is 50.5 Å². The molecule has 0 aliphatic rings. The number of carbonyl (C=O) groups is 1. The Morgan fingerprint density at radius 3 is 2.83 bits per heavy atom. The minimum Gasteiger partial charge on any atom is -0.356 e. The van der Waals surface area contributed by atoms with Gasteiger partial charge in [-0.15, -0.1) is 0 Å². The van der Waals surface area contributed by atoms with E-state index in [1.54, 1.807) is 0 Å². The summed E-state index contributed by atoms with van der Waals surface area (Å²) in [7, 11) is 0. The second-order valence-corrected chi connectivity index (χ2v) is 6.11. The summed E-state index contributed by atoms with van der Waals surface area (Å²) in [6.07, 6.45) is 1.95. The Bertz CT molecular complexity index is 732. The van der Waals surface area contributed by atoms with Gasteiger partial charge in [-0.1, -0.05) is 23.8 Å². The smallest absolute Gasteiger partial charge is 0.220 e. The molecule has 0 saturated carbocycles. The maximum atomic E-state index is 12.0. The van der Waals surface area contributed by atoms with Gasteiger partial charge in [-0.2, -0.15) is 5.10 Å². The van der Waals surface area contributed by atoms with Crippen LogP contribution in [0.3, 0.4) is 0 Å². The molecule has 0 saturated heterocycles. The molecule has 0 aliphatic carbocycles. The van der Waals surface area contributed by atoms with Crippen molar-refractivity contribution in [1.29, 1.82) is 0 Å². The molecule has 2 aromatic rings. The zero-order chi connectivity index (χ0) is 16.8. The number of H-pyrrole nitrogens is 1. The minimum atomic E-state index is 0.0714. The maximum Gasteiger partial charge on any atom is 0.220 e. The van der Waals surface area contributed by atoms with E-state index in [0.717, 1.165) is 18.8 Å². The standard InChI is InChI=1S/C17H24N4OS/c1-4-21-15(19-20-17(21)23)9-10-18-16(22)8-7-14-6-5-12(2)11-13(14)3/h5-6,11H,4,7-10H2,1-3H3,(H,18,22)(H,20,23). The van der Waals surface area contributed by atoms with Crippen LogP contribution in [0.15, 0.2) is 18.2 Å². The van der Waals surface area contributed by atoms with E-state index < -0.39 is 0 Å². The molecule has 1 aromatic carbocycles. The average molecular weight is 332 g/mol. The lowest BCUT2D eigenvalue weighted by Gasteiger charge is -2.08. The van der Waals surface area contributed by atoms with Gasteiger partial charge in [0.1, 0.15) is 5.82 Å². The van der Waals surface area contributed by atoms with Crippen molar-refractivity contribution in [3.8, 4) is 0 Å². The lowest BCUT2D eigenvalue weighted by molar-refractivity contribution is -0.121. The van der Waals surface area contributed by atoms with E-state index in [1.807, 2.05) is 11.5 Å². The van der Waals surface area contributed by atoms with Crippen LogP contribution in [0.2, 0.25) is 0 Å². The number of hydrogen-bond donors (Lipinski definition) is 2. The number of hydrogen-bond acceptors (Lipinski definition) is 3. The number of carbonyl (C=O) groups excluding carboxylic acids is 1. The number of aromatic amines is 1.